The molecule has 0 bridgehead atoms. The molecule has 0 saturated carbocycles. The van der Waals surface area contributed by atoms with Gasteiger partial charge in [-0.1, -0.05) is 48.0 Å². The molecule has 2 N–H and O–H groups in total. The summed E-state index contributed by atoms with van der Waals surface area (Å²) in [6.07, 6.45) is 1.44. The third-order valence-electron chi connectivity index (χ3n) is 3.59. The summed E-state index contributed by atoms with van der Waals surface area (Å²) in [5.41, 5.74) is 4.63. The molecule has 1 amide bonds. The minimum absolute atomic E-state index is 0.124. The van der Waals surface area contributed by atoms with Gasteiger partial charge in [0.25, 0.3) is 5.91 Å². The van der Waals surface area contributed by atoms with Crippen LogP contribution in [-0.2, 0) is 0 Å². The summed E-state index contributed by atoms with van der Waals surface area (Å²) in [5.74, 6) is -0.163. The number of benzene rings is 3. The maximum absolute atomic E-state index is 12.3. The fourth-order valence-corrected chi connectivity index (χ4v) is 2.42. The van der Waals surface area contributed by atoms with Crippen molar-refractivity contribution >= 4 is 22.9 Å². The molecule has 0 unspecified atom stereocenters. The van der Waals surface area contributed by atoms with E-state index >= 15 is 0 Å². The Morgan fingerprint density at radius 3 is 2.74 bits per heavy atom. The number of rotatable bonds is 3. The second-order valence-corrected chi connectivity index (χ2v) is 5.29. The topological polar surface area (TPSA) is 61.7 Å². The number of hydrogen-bond acceptors (Lipinski definition) is 3. The first-order valence-corrected chi connectivity index (χ1v) is 7.26. The molecule has 0 aliphatic rings. The van der Waals surface area contributed by atoms with Gasteiger partial charge in [-0.05, 0) is 35.9 Å². The molecule has 4 heteroatoms. The highest BCUT2D eigenvalue weighted by Crippen LogP contribution is 2.18. The number of phenolic OH excluding ortho intramolecular Hbond substituents is 1. The van der Waals surface area contributed by atoms with Crippen LogP contribution in [0.5, 0.6) is 5.75 Å². The molecule has 3 rings (SSSR count). The van der Waals surface area contributed by atoms with Gasteiger partial charge in [0.1, 0.15) is 5.75 Å². The molecule has 23 heavy (non-hydrogen) atoms. The van der Waals surface area contributed by atoms with E-state index in [1.54, 1.807) is 24.3 Å². The van der Waals surface area contributed by atoms with Crippen LogP contribution in [0.4, 0.5) is 0 Å². The number of carbonyl (C=O) groups excluding carboxylic acids is 1. The standard InChI is InChI=1S/C19H16N2O2/c1-13-9-10-18(22)15(11-13)12-20-21-19(23)17-8-4-6-14-5-2-3-7-16(14)17/h2-12,22H,1H3,(H,21,23)/b20-12+. The van der Waals surface area contributed by atoms with E-state index in [4.69, 9.17) is 0 Å². The Bertz CT molecular complexity index is 896. The van der Waals surface area contributed by atoms with Crippen LogP contribution >= 0.6 is 0 Å². The highest BCUT2D eigenvalue weighted by molar-refractivity contribution is 6.07. The summed E-state index contributed by atoms with van der Waals surface area (Å²) < 4.78 is 0. The summed E-state index contributed by atoms with van der Waals surface area (Å²) in [4.78, 5) is 12.3. The van der Waals surface area contributed by atoms with Crippen molar-refractivity contribution in [3.05, 3.63) is 77.4 Å². The molecule has 3 aromatic carbocycles. The maximum Gasteiger partial charge on any atom is 0.271 e. The van der Waals surface area contributed by atoms with Crippen LogP contribution in [0.1, 0.15) is 21.5 Å². The molecule has 0 aromatic heterocycles. The Labute approximate surface area is 134 Å². The van der Waals surface area contributed by atoms with E-state index in [1.807, 2.05) is 43.3 Å². The van der Waals surface area contributed by atoms with Gasteiger partial charge in [-0.2, -0.15) is 5.10 Å². The number of amides is 1. The molecule has 0 fully saturated rings. The van der Waals surface area contributed by atoms with Gasteiger partial charge < -0.3 is 5.11 Å². The SMILES string of the molecule is Cc1ccc(O)c(/C=N/NC(=O)c2cccc3ccccc23)c1. The van der Waals surface area contributed by atoms with Crippen molar-refractivity contribution in [1.29, 1.82) is 0 Å². The quantitative estimate of drug-likeness (QED) is 0.573. The Kier molecular flexibility index (Phi) is 4.06. The van der Waals surface area contributed by atoms with Crippen molar-refractivity contribution in [3.8, 4) is 5.75 Å². The molecule has 0 spiro atoms. The molecule has 0 aliphatic carbocycles. The van der Waals surface area contributed by atoms with Crippen LogP contribution in [0.2, 0.25) is 0 Å². The second-order valence-electron chi connectivity index (χ2n) is 5.29. The van der Waals surface area contributed by atoms with E-state index in [2.05, 4.69) is 10.5 Å². The Hall–Kier alpha value is -3.14. The monoisotopic (exact) mass is 304 g/mol. The molecular weight excluding hydrogens is 288 g/mol. The molecule has 114 valence electrons. The fraction of sp³-hybridized carbons (Fsp3) is 0.0526. The van der Waals surface area contributed by atoms with Crippen LogP contribution in [0.3, 0.4) is 0 Å². The highest BCUT2D eigenvalue weighted by Gasteiger charge is 2.08. The number of fused-ring (bicyclic) bond motifs is 1. The largest absolute Gasteiger partial charge is 0.507 e. The predicted molar refractivity (Wildman–Crippen MR) is 91.9 cm³/mol. The lowest BCUT2D eigenvalue weighted by molar-refractivity contribution is 0.0957. The first-order chi connectivity index (χ1) is 11.1. The van der Waals surface area contributed by atoms with E-state index in [0.29, 0.717) is 11.1 Å². The zero-order chi connectivity index (χ0) is 16.2. The van der Waals surface area contributed by atoms with Crippen molar-refractivity contribution in [3.63, 3.8) is 0 Å². The van der Waals surface area contributed by atoms with Gasteiger partial charge >= 0.3 is 0 Å². The van der Waals surface area contributed by atoms with E-state index in [-0.39, 0.29) is 11.7 Å². The number of hydrazone groups is 1. The Balaban J connectivity index is 1.81. The van der Waals surface area contributed by atoms with Crippen LogP contribution in [0.15, 0.2) is 65.8 Å². The molecule has 4 nitrogen and oxygen atoms in total. The molecule has 0 atom stereocenters. The number of aryl methyl sites for hydroxylation is 1. The van der Waals surface area contributed by atoms with Crippen molar-refractivity contribution in [2.75, 3.05) is 0 Å². The number of phenols is 1. The van der Waals surface area contributed by atoms with Gasteiger partial charge in [-0.3, -0.25) is 4.79 Å². The third kappa shape index (κ3) is 3.21. The van der Waals surface area contributed by atoms with Gasteiger partial charge in [0.05, 0.1) is 6.21 Å². The minimum Gasteiger partial charge on any atom is -0.507 e. The summed E-state index contributed by atoms with van der Waals surface area (Å²) in [6, 6.07) is 18.5. The van der Waals surface area contributed by atoms with Crippen molar-refractivity contribution in [1.82, 2.24) is 5.43 Å². The van der Waals surface area contributed by atoms with Crippen LogP contribution in [0.25, 0.3) is 10.8 Å². The summed E-state index contributed by atoms with van der Waals surface area (Å²) in [5, 5.41) is 15.6. The van der Waals surface area contributed by atoms with Gasteiger partial charge in [0.15, 0.2) is 0 Å². The molecule has 0 aliphatic heterocycles. The van der Waals surface area contributed by atoms with Gasteiger partial charge in [-0.15, -0.1) is 0 Å². The van der Waals surface area contributed by atoms with Gasteiger partial charge in [0.2, 0.25) is 0 Å². The minimum atomic E-state index is -0.287. The maximum atomic E-state index is 12.3. The number of aromatic hydroxyl groups is 1. The summed E-state index contributed by atoms with van der Waals surface area (Å²) in [6.45, 7) is 1.92. The average Bonchev–Trinajstić information content (AvgIpc) is 2.57. The van der Waals surface area contributed by atoms with Crippen LogP contribution in [0, 0.1) is 6.92 Å². The molecular formula is C19H16N2O2. The van der Waals surface area contributed by atoms with Gasteiger partial charge in [0, 0.05) is 11.1 Å². The normalized spacial score (nSPS) is 11.0. The number of carbonyl (C=O) groups is 1. The van der Waals surface area contributed by atoms with E-state index in [0.717, 1.165) is 16.3 Å². The van der Waals surface area contributed by atoms with E-state index in [1.165, 1.54) is 6.21 Å². The zero-order valence-electron chi connectivity index (χ0n) is 12.7. The van der Waals surface area contributed by atoms with Crippen LogP contribution < -0.4 is 5.43 Å². The van der Waals surface area contributed by atoms with Crippen molar-refractivity contribution < 1.29 is 9.90 Å². The Morgan fingerprint density at radius 2 is 1.87 bits per heavy atom. The smallest absolute Gasteiger partial charge is 0.271 e. The molecule has 0 saturated heterocycles. The summed E-state index contributed by atoms with van der Waals surface area (Å²) >= 11 is 0. The average molecular weight is 304 g/mol. The number of hydrogen-bond donors (Lipinski definition) is 2. The van der Waals surface area contributed by atoms with E-state index in [9.17, 15) is 9.90 Å². The lowest BCUT2D eigenvalue weighted by atomic mass is 10.0. The lowest BCUT2D eigenvalue weighted by Crippen LogP contribution is -2.17. The molecule has 0 heterocycles. The van der Waals surface area contributed by atoms with Gasteiger partial charge in [-0.25, -0.2) is 5.43 Å². The summed E-state index contributed by atoms with van der Waals surface area (Å²) in [7, 11) is 0. The first-order valence-electron chi connectivity index (χ1n) is 7.26. The first kappa shape index (κ1) is 14.8. The predicted octanol–water partition coefficient (Wildman–Crippen LogP) is 3.62. The van der Waals surface area contributed by atoms with Crippen molar-refractivity contribution in [2.45, 2.75) is 6.92 Å². The van der Waals surface area contributed by atoms with E-state index < -0.39 is 0 Å². The molecule has 0 radical (unpaired) electrons. The Morgan fingerprint density at radius 1 is 1.09 bits per heavy atom. The fourth-order valence-electron chi connectivity index (χ4n) is 2.42. The van der Waals surface area contributed by atoms with Crippen LogP contribution in [-0.4, -0.2) is 17.2 Å². The number of nitrogens with zero attached hydrogens (tertiary/aromatic N) is 1. The molecule has 3 aromatic rings. The van der Waals surface area contributed by atoms with Crippen molar-refractivity contribution in [2.24, 2.45) is 5.10 Å². The second kappa shape index (κ2) is 6.32. The highest BCUT2D eigenvalue weighted by atomic mass is 16.3. The zero-order valence-corrected chi connectivity index (χ0v) is 12.7. The third-order valence-corrected chi connectivity index (χ3v) is 3.59. The lowest BCUT2D eigenvalue weighted by Gasteiger charge is -2.05. The number of nitrogens with one attached hydrogen (secondary N) is 1.